The molecule has 0 saturated carbocycles. The summed E-state index contributed by atoms with van der Waals surface area (Å²) >= 11 is 0. The van der Waals surface area contributed by atoms with Crippen LogP contribution in [-0.4, -0.2) is 28.7 Å². The van der Waals surface area contributed by atoms with E-state index in [1.165, 1.54) is 12.1 Å². The van der Waals surface area contributed by atoms with E-state index in [2.05, 4.69) is 64.1 Å². The Kier molecular flexibility index (Phi) is 5.35. The van der Waals surface area contributed by atoms with Crippen LogP contribution in [-0.2, 0) is 11.3 Å². The van der Waals surface area contributed by atoms with Gasteiger partial charge in [-0.15, -0.1) is 0 Å². The number of likely N-dealkylation sites (N-methyl/N-ethyl adjacent to an activating group) is 1. The Hall–Kier alpha value is -2.82. The molecule has 0 aliphatic carbocycles. The highest BCUT2D eigenvalue weighted by Gasteiger charge is 2.35. The molecular weight excluding hydrogens is 403 g/mol. The normalized spacial score (nSPS) is 17.1. The third kappa shape index (κ3) is 3.58. The number of aromatic nitrogens is 1. The number of hydrogen-bond acceptors (Lipinski definition) is 2. The number of aliphatic carboxylic acids is 1. The number of hydrogen-bond donors (Lipinski definition) is 1. The van der Waals surface area contributed by atoms with Gasteiger partial charge in [-0.05, 0) is 73.1 Å². The van der Waals surface area contributed by atoms with Gasteiger partial charge in [-0.1, -0.05) is 32.9 Å². The number of aryl methyl sites for hydroxylation is 1. The van der Waals surface area contributed by atoms with Gasteiger partial charge in [-0.3, -0.25) is 4.79 Å². The summed E-state index contributed by atoms with van der Waals surface area (Å²) in [5, 5.41) is 11.4. The Bertz CT molecular complexity index is 1200. The monoisotopic (exact) mass is 436 g/mol. The Balaban J connectivity index is 2.17. The SMILES string of the molecule is Cc1c([C@H](CC(C)(C)C)C(=O)O)c(-c2ccc(F)cc2)c2cc(C)n3c2c1N(C)[C@@H](C)C3. The summed E-state index contributed by atoms with van der Waals surface area (Å²) in [6.07, 6.45) is 0.515. The van der Waals surface area contributed by atoms with Crippen LogP contribution < -0.4 is 4.90 Å². The smallest absolute Gasteiger partial charge is 0.311 e. The van der Waals surface area contributed by atoms with E-state index in [1.807, 2.05) is 0 Å². The standard InChI is InChI=1S/C27H33FN2O2/c1-15-12-20-23(18-8-10-19(28)11-9-18)22(21(26(31)32)13-27(4,5)6)17(3)24-25(20)30(15)14-16(2)29(24)7/h8-12,16,21H,13-14H2,1-7H3,(H,31,32)/t16-,21-/m0/s1. The molecule has 1 aromatic heterocycles. The largest absolute Gasteiger partial charge is 0.481 e. The molecule has 1 aliphatic heterocycles. The van der Waals surface area contributed by atoms with Crippen molar-refractivity contribution in [2.45, 2.75) is 66.5 Å². The third-order valence-corrected chi connectivity index (χ3v) is 6.88. The first-order valence-corrected chi connectivity index (χ1v) is 11.3. The van der Waals surface area contributed by atoms with Crippen molar-refractivity contribution in [1.29, 1.82) is 0 Å². The highest BCUT2D eigenvalue weighted by Crippen LogP contribution is 2.49. The molecule has 2 atom stereocenters. The van der Waals surface area contributed by atoms with Crippen LogP contribution in [0.4, 0.5) is 10.1 Å². The van der Waals surface area contributed by atoms with E-state index < -0.39 is 11.9 Å². The van der Waals surface area contributed by atoms with E-state index >= 15 is 0 Å². The number of carboxylic acids is 1. The van der Waals surface area contributed by atoms with Gasteiger partial charge in [0, 0.05) is 30.7 Å². The second-order valence-electron chi connectivity index (χ2n) is 10.5. The zero-order chi connectivity index (χ0) is 23.5. The van der Waals surface area contributed by atoms with Crippen molar-refractivity contribution in [2.75, 3.05) is 11.9 Å². The second-order valence-corrected chi connectivity index (χ2v) is 10.5. The minimum absolute atomic E-state index is 0.164. The summed E-state index contributed by atoms with van der Waals surface area (Å²) in [6, 6.07) is 8.92. The molecule has 1 N–H and O–H groups in total. The number of carboxylic acid groups (broad SMARTS) is 1. The first kappa shape index (κ1) is 22.4. The zero-order valence-electron chi connectivity index (χ0n) is 20.1. The fourth-order valence-corrected chi connectivity index (χ4v) is 5.32. The van der Waals surface area contributed by atoms with Gasteiger partial charge in [-0.2, -0.15) is 0 Å². The summed E-state index contributed by atoms with van der Waals surface area (Å²) in [5.74, 6) is -1.78. The molecule has 0 amide bonds. The van der Waals surface area contributed by atoms with Crippen LogP contribution in [0.3, 0.4) is 0 Å². The van der Waals surface area contributed by atoms with Crippen LogP contribution in [0.15, 0.2) is 30.3 Å². The van der Waals surface area contributed by atoms with E-state index in [4.69, 9.17) is 0 Å². The quantitative estimate of drug-likeness (QED) is 0.507. The van der Waals surface area contributed by atoms with Gasteiger partial charge >= 0.3 is 5.97 Å². The van der Waals surface area contributed by atoms with Gasteiger partial charge in [0.15, 0.2) is 0 Å². The minimum atomic E-state index is -0.819. The molecule has 0 fully saturated rings. The molecular formula is C27H33FN2O2. The van der Waals surface area contributed by atoms with Gasteiger partial charge in [0.1, 0.15) is 5.82 Å². The Labute approximate surface area is 189 Å². The molecule has 0 unspecified atom stereocenters. The van der Waals surface area contributed by atoms with E-state index in [-0.39, 0.29) is 11.2 Å². The number of rotatable bonds is 4. The lowest BCUT2D eigenvalue weighted by Gasteiger charge is -2.37. The van der Waals surface area contributed by atoms with Crippen molar-refractivity contribution in [3.63, 3.8) is 0 Å². The van der Waals surface area contributed by atoms with Crippen molar-refractivity contribution < 1.29 is 14.3 Å². The van der Waals surface area contributed by atoms with Crippen LogP contribution >= 0.6 is 0 Å². The summed E-state index contributed by atoms with van der Waals surface area (Å²) in [5.41, 5.74) is 6.86. The van der Waals surface area contributed by atoms with E-state index in [0.29, 0.717) is 12.5 Å². The number of anilines is 1. The average Bonchev–Trinajstić information content (AvgIpc) is 3.01. The van der Waals surface area contributed by atoms with Gasteiger partial charge in [0.05, 0.1) is 17.1 Å². The fraction of sp³-hybridized carbons (Fsp3) is 0.444. The van der Waals surface area contributed by atoms with Crippen molar-refractivity contribution in [1.82, 2.24) is 4.57 Å². The highest BCUT2D eigenvalue weighted by atomic mass is 19.1. The Morgan fingerprint density at radius 2 is 1.84 bits per heavy atom. The molecule has 2 aromatic carbocycles. The molecule has 0 bridgehead atoms. The lowest BCUT2D eigenvalue weighted by atomic mass is 9.76. The number of nitrogens with zero attached hydrogens (tertiary/aromatic N) is 2. The molecule has 32 heavy (non-hydrogen) atoms. The predicted molar refractivity (Wildman–Crippen MR) is 129 cm³/mol. The maximum atomic E-state index is 13.8. The average molecular weight is 437 g/mol. The maximum Gasteiger partial charge on any atom is 0.311 e. The van der Waals surface area contributed by atoms with Crippen molar-refractivity contribution in [3.05, 3.63) is 53.0 Å². The first-order chi connectivity index (χ1) is 14.9. The van der Waals surface area contributed by atoms with E-state index in [9.17, 15) is 14.3 Å². The molecule has 4 nitrogen and oxygen atoms in total. The lowest BCUT2D eigenvalue weighted by Crippen LogP contribution is -2.37. The van der Waals surface area contributed by atoms with Crippen LogP contribution in [0.2, 0.25) is 0 Å². The summed E-state index contributed by atoms with van der Waals surface area (Å²) in [7, 11) is 2.10. The minimum Gasteiger partial charge on any atom is -0.481 e. The molecule has 0 spiro atoms. The predicted octanol–water partition coefficient (Wildman–Crippen LogP) is 6.51. The summed E-state index contributed by atoms with van der Waals surface area (Å²) in [6.45, 7) is 13.5. The van der Waals surface area contributed by atoms with Crippen LogP contribution in [0.1, 0.15) is 56.9 Å². The highest BCUT2D eigenvalue weighted by molar-refractivity contribution is 6.07. The Morgan fingerprint density at radius 1 is 1.22 bits per heavy atom. The zero-order valence-corrected chi connectivity index (χ0v) is 20.1. The van der Waals surface area contributed by atoms with Gasteiger partial charge < -0.3 is 14.6 Å². The summed E-state index contributed by atoms with van der Waals surface area (Å²) in [4.78, 5) is 14.9. The Morgan fingerprint density at radius 3 is 2.41 bits per heavy atom. The molecule has 4 rings (SSSR count). The van der Waals surface area contributed by atoms with Crippen LogP contribution in [0, 0.1) is 25.1 Å². The number of carbonyl (C=O) groups is 1. The fourth-order valence-electron chi connectivity index (χ4n) is 5.32. The van der Waals surface area contributed by atoms with Crippen LogP contribution in [0.5, 0.6) is 0 Å². The van der Waals surface area contributed by atoms with Gasteiger partial charge in [0.2, 0.25) is 0 Å². The molecule has 0 radical (unpaired) electrons. The van der Waals surface area contributed by atoms with Crippen LogP contribution in [0.25, 0.3) is 22.0 Å². The van der Waals surface area contributed by atoms with Gasteiger partial charge in [0.25, 0.3) is 0 Å². The molecule has 170 valence electrons. The summed E-state index contributed by atoms with van der Waals surface area (Å²) < 4.78 is 16.1. The van der Waals surface area contributed by atoms with Crippen molar-refractivity contribution in [3.8, 4) is 11.1 Å². The van der Waals surface area contributed by atoms with E-state index in [0.717, 1.165) is 51.1 Å². The van der Waals surface area contributed by atoms with Crippen molar-refractivity contribution in [2.24, 2.45) is 5.41 Å². The molecule has 1 aliphatic rings. The first-order valence-electron chi connectivity index (χ1n) is 11.3. The molecule has 3 aromatic rings. The number of halogens is 1. The van der Waals surface area contributed by atoms with Crippen molar-refractivity contribution >= 4 is 22.6 Å². The topological polar surface area (TPSA) is 45.5 Å². The maximum absolute atomic E-state index is 13.8. The molecule has 2 heterocycles. The molecule has 0 saturated heterocycles. The molecule has 5 heteroatoms. The number of benzene rings is 2. The van der Waals surface area contributed by atoms with Gasteiger partial charge in [-0.25, -0.2) is 4.39 Å². The third-order valence-electron chi connectivity index (χ3n) is 6.88. The van der Waals surface area contributed by atoms with E-state index in [1.54, 1.807) is 12.1 Å². The second kappa shape index (κ2) is 7.65. The lowest BCUT2D eigenvalue weighted by molar-refractivity contribution is -0.139.